The molecular formula is C31H35ClFN3O4S. The van der Waals surface area contributed by atoms with Crippen LogP contribution in [0.5, 0.6) is 0 Å². The summed E-state index contributed by atoms with van der Waals surface area (Å²) in [6.07, 6.45) is 4.20. The van der Waals surface area contributed by atoms with Crippen molar-refractivity contribution in [1.29, 1.82) is 0 Å². The molecule has 4 rings (SSSR count). The third-order valence-corrected chi connectivity index (χ3v) is 9.40. The van der Waals surface area contributed by atoms with Crippen LogP contribution in [-0.4, -0.2) is 43.8 Å². The molecule has 7 nitrogen and oxygen atoms in total. The van der Waals surface area contributed by atoms with Gasteiger partial charge < -0.3 is 10.2 Å². The van der Waals surface area contributed by atoms with Gasteiger partial charge in [-0.3, -0.25) is 13.9 Å². The van der Waals surface area contributed by atoms with E-state index in [4.69, 9.17) is 11.6 Å². The molecule has 1 fully saturated rings. The van der Waals surface area contributed by atoms with Crippen LogP contribution in [0, 0.1) is 12.7 Å². The van der Waals surface area contributed by atoms with Crippen molar-refractivity contribution in [3.8, 4) is 0 Å². The van der Waals surface area contributed by atoms with E-state index in [0.717, 1.165) is 47.2 Å². The molecule has 1 aliphatic rings. The minimum atomic E-state index is -4.26. The third-order valence-electron chi connectivity index (χ3n) is 7.32. The summed E-state index contributed by atoms with van der Waals surface area (Å²) in [6.45, 7) is 3.26. The molecule has 218 valence electrons. The Kier molecular flexibility index (Phi) is 10.0. The molecule has 1 N–H and O–H groups in total. The van der Waals surface area contributed by atoms with Crippen LogP contribution in [0.2, 0.25) is 5.02 Å². The van der Waals surface area contributed by atoms with Crippen molar-refractivity contribution in [1.82, 2.24) is 10.2 Å². The first-order valence-electron chi connectivity index (χ1n) is 13.8. The zero-order valence-corrected chi connectivity index (χ0v) is 24.8. The van der Waals surface area contributed by atoms with Crippen molar-refractivity contribution in [3.05, 3.63) is 94.8 Å². The Morgan fingerprint density at radius 3 is 2.37 bits per heavy atom. The average molecular weight is 600 g/mol. The van der Waals surface area contributed by atoms with E-state index in [0.29, 0.717) is 6.42 Å². The van der Waals surface area contributed by atoms with Crippen LogP contribution in [0.4, 0.5) is 10.1 Å². The lowest BCUT2D eigenvalue weighted by Gasteiger charge is -2.34. The maximum absolute atomic E-state index is 14.1. The fourth-order valence-corrected chi connectivity index (χ4v) is 6.78. The molecule has 3 aromatic carbocycles. The van der Waals surface area contributed by atoms with E-state index in [2.05, 4.69) is 5.32 Å². The second-order valence-corrected chi connectivity index (χ2v) is 12.6. The third kappa shape index (κ3) is 7.45. The molecule has 0 heterocycles. The number of anilines is 1. The molecule has 0 radical (unpaired) electrons. The highest BCUT2D eigenvalue weighted by molar-refractivity contribution is 7.92. The molecule has 3 aromatic rings. The van der Waals surface area contributed by atoms with E-state index in [1.165, 1.54) is 29.2 Å². The van der Waals surface area contributed by atoms with Gasteiger partial charge in [0.25, 0.3) is 10.0 Å². The lowest BCUT2D eigenvalue weighted by molar-refractivity contribution is -0.140. The number of carbonyl (C=O) groups excluding carboxylic acids is 2. The van der Waals surface area contributed by atoms with Crippen molar-refractivity contribution in [2.75, 3.05) is 10.8 Å². The molecular weight excluding hydrogens is 565 g/mol. The number of halogens is 2. The Morgan fingerprint density at radius 1 is 1.02 bits per heavy atom. The zero-order valence-electron chi connectivity index (χ0n) is 23.2. The molecule has 0 aliphatic heterocycles. The summed E-state index contributed by atoms with van der Waals surface area (Å²) in [5.74, 6) is -1.54. The molecule has 41 heavy (non-hydrogen) atoms. The normalized spacial score (nSPS) is 14.4. The van der Waals surface area contributed by atoms with Crippen LogP contribution in [0.15, 0.2) is 77.7 Å². The van der Waals surface area contributed by atoms with Gasteiger partial charge in [-0.25, -0.2) is 12.8 Å². The summed E-state index contributed by atoms with van der Waals surface area (Å²) >= 11 is 6.03. The predicted molar refractivity (Wildman–Crippen MR) is 159 cm³/mol. The van der Waals surface area contributed by atoms with E-state index in [1.54, 1.807) is 18.2 Å². The van der Waals surface area contributed by atoms with Crippen LogP contribution in [0.25, 0.3) is 0 Å². The Bertz CT molecular complexity index is 1480. The van der Waals surface area contributed by atoms with E-state index < -0.39 is 34.3 Å². The van der Waals surface area contributed by atoms with Crippen LogP contribution in [-0.2, 0) is 26.2 Å². The summed E-state index contributed by atoms with van der Waals surface area (Å²) < 4.78 is 42.6. The van der Waals surface area contributed by atoms with Gasteiger partial charge >= 0.3 is 0 Å². The van der Waals surface area contributed by atoms with Gasteiger partial charge in [-0.1, -0.05) is 79.4 Å². The Morgan fingerprint density at radius 2 is 1.73 bits per heavy atom. The first kappa shape index (κ1) is 30.5. The van der Waals surface area contributed by atoms with Crippen LogP contribution in [0.3, 0.4) is 0 Å². The minimum absolute atomic E-state index is 0.0348. The summed E-state index contributed by atoms with van der Waals surface area (Å²) in [5, 5.41) is 2.82. The van der Waals surface area contributed by atoms with Gasteiger partial charge in [0.05, 0.1) is 15.6 Å². The van der Waals surface area contributed by atoms with Crippen molar-refractivity contribution < 1.29 is 22.4 Å². The van der Waals surface area contributed by atoms with Crippen LogP contribution < -0.4 is 9.62 Å². The van der Waals surface area contributed by atoms with Gasteiger partial charge in [-0.15, -0.1) is 0 Å². The first-order chi connectivity index (χ1) is 19.6. The number of carbonyl (C=O) groups is 2. The number of benzene rings is 3. The first-order valence-corrected chi connectivity index (χ1v) is 15.6. The van der Waals surface area contributed by atoms with Crippen molar-refractivity contribution in [2.45, 2.75) is 69.5 Å². The summed E-state index contributed by atoms with van der Waals surface area (Å²) in [7, 11) is -4.26. The maximum Gasteiger partial charge on any atom is 0.264 e. The number of aryl methyl sites for hydroxylation is 1. The Hall–Kier alpha value is -3.43. The second-order valence-electron chi connectivity index (χ2n) is 10.3. The predicted octanol–water partition coefficient (Wildman–Crippen LogP) is 5.85. The van der Waals surface area contributed by atoms with Crippen molar-refractivity contribution >= 4 is 39.1 Å². The maximum atomic E-state index is 14.1. The highest BCUT2D eigenvalue weighted by Crippen LogP contribution is 2.28. The highest BCUT2D eigenvalue weighted by atomic mass is 35.5. The van der Waals surface area contributed by atoms with Gasteiger partial charge in [-0.2, -0.15) is 0 Å². The van der Waals surface area contributed by atoms with Gasteiger partial charge in [0.2, 0.25) is 11.8 Å². The number of nitrogens with one attached hydrogen (secondary N) is 1. The molecule has 1 aliphatic carbocycles. The van der Waals surface area contributed by atoms with Gasteiger partial charge in [0.1, 0.15) is 18.4 Å². The van der Waals surface area contributed by atoms with E-state index in [9.17, 15) is 22.4 Å². The Balaban J connectivity index is 1.72. The van der Waals surface area contributed by atoms with Crippen LogP contribution >= 0.6 is 11.6 Å². The number of nitrogens with zero attached hydrogens (tertiary/aromatic N) is 2. The summed E-state index contributed by atoms with van der Waals surface area (Å²) in [6, 6.07) is 18.0. The minimum Gasteiger partial charge on any atom is -0.352 e. The molecule has 2 amide bonds. The zero-order chi connectivity index (χ0) is 29.6. The number of hydrogen-bond acceptors (Lipinski definition) is 4. The SMILES string of the molecule is CC[C@H](C(=O)NC1CCCC1)N(Cc1cccc(C)c1)C(=O)CN(c1ccc(F)c(Cl)c1)S(=O)(=O)c1ccccc1. The molecule has 0 saturated heterocycles. The summed E-state index contributed by atoms with van der Waals surface area (Å²) in [5.41, 5.74) is 1.84. The number of sulfonamides is 1. The van der Waals surface area contributed by atoms with Gasteiger partial charge in [-0.05, 0) is 62.1 Å². The molecule has 0 bridgehead atoms. The smallest absolute Gasteiger partial charge is 0.264 e. The molecule has 0 spiro atoms. The molecule has 10 heteroatoms. The van der Waals surface area contributed by atoms with E-state index in [1.807, 2.05) is 38.1 Å². The largest absolute Gasteiger partial charge is 0.352 e. The Labute approximate surface area is 246 Å². The number of hydrogen-bond donors (Lipinski definition) is 1. The molecule has 0 aromatic heterocycles. The number of amides is 2. The van der Waals surface area contributed by atoms with Crippen LogP contribution in [0.1, 0.15) is 50.2 Å². The monoisotopic (exact) mass is 599 g/mol. The topological polar surface area (TPSA) is 86.8 Å². The highest BCUT2D eigenvalue weighted by Gasteiger charge is 2.34. The quantitative estimate of drug-likeness (QED) is 0.300. The van der Waals surface area contributed by atoms with Crippen molar-refractivity contribution in [2.24, 2.45) is 0 Å². The fraction of sp³-hybridized carbons (Fsp3) is 0.355. The summed E-state index contributed by atoms with van der Waals surface area (Å²) in [4.78, 5) is 29.0. The van der Waals surface area contributed by atoms with Gasteiger partial charge in [0.15, 0.2) is 0 Å². The molecule has 1 saturated carbocycles. The standard InChI is InChI=1S/C31H35ClFN3O4S/c1-3-29(31(38)34-24-12-7-8-13-24)35(20-23-11-9-10-22(2)18-23)30(37)21-36(25-16-17-28(33)27(32)19-25)41(39,40)26-14-5-4-6-15-26/h4-6,9-11,14-19,24,29H,3,7-8,12-13,20-21H2,1-2H3,(H,34,38)/t29-/m1/s1. The lowest BCUT2D eigenvalue weighted by Crippen LogP contribution is -2.53. The average Bonchev–Trinajstić information content (AvgIpc) is 3.46. The van der Waals surface area contributed by atoms with Crippen molar-refractivity contribution in [3.63, 3.8) is 0 Å². The van der Waals surface area contributed by atoms with E-state index in [-0.39, 0.29) is 34.1 Å². The molecule has 1 atom stereocenters. The lowest BCUT2D eigenvalue weighted by atomic mass is 10.1. The van der Waals surface area contributed by atoms with Gasteiger partial charge in [0, 0.05) is 12.6 Å². The van der Waals surface area contributed by atoms with E-state index >= 15 is 0 Å². The number of rotatable bonds is 11. The molecule has 0 unspecified atom stereocenters. The second kappa shape index (κ2) is 13.5. The fourth-order valence-electron chi connectivity index (χ4n) is 5.18.